The highest BCUT2D eigenvalue weighted by Gasteiger charge is 2.28. The number of aryl methyl sites for hydroxylation is 3. The summed E-state index contributed by atoms with van der Waals surface area (Å²) in [7, 11) is 1.66. The second-order valence-corrected chi connectivity index (χ2v) is 9.07. The Morgan fingerprint density at radius 3 is 2.71 bits per heavy atom. The van der Waals surface area contributed by atoms with Crippen LogP contribution in [-0.4, -0.2) is 48.7 Å². The van der Waals surface area contributed by atoms with Crippen LogP contribution in [0, 0.1) is 20.8 Å². The number of anilines is 2. The van der Waals surface area contributed by atoms with E-state index in [1.165, 1.54) is 0 Å². The minimum absolute atomic E-state index is 0.00738. The molecule has 1 aromatic carbocycles. The van der Waals surface area contributed by atoms with E-state index in [4.69, 9.17) is 19.3 Å². The second kappa shape index (κ2) is 8.09. The Morgan fingerprint density at radius 1 is 1.20 bits per heavy atom. The number of benzene rings is 1. The molecule has 0 amide bonds. The van der Waals surface area contributed by atoms with E-state index in [0.29, 0.717) is 29.9 Å². The summed E-state index contributed by atoms with van der Waals surface area (Å²) in [4.78, 5) is 12.8. The van der Waals surface area contributed by atoms with Crippen molar-refractivity contribution in [1.29, 1.82) is 0 Å². The Labute approximate surface area is 201 Å². The lowest BCUT2D eigenvalue weighted by Crippen LogP contribution is -2.09. The Kier molecular flexibility index (Phi) is 4.99. The zero-order valence-corrected chi connectivity index (χ0v) is 20.1. The average Bonchev–Trinajstić information content (AvgIpc) is 3.40. The number of nitrogens with zero attached hydrogens (tertiary/aromatic N) is 5. The van der Waals surface area contributed by atoms with Crippen molar-refractivity contribution >= 4 is 33.6 Å². The fourth-order valence-electron chi connectivity index (χ4n) is 4.76. The number of H-pyrrole nitrogens is 1. The van der Waals surface area contributed by atoms with Crippen LogP contribution in [0.1, 0.15) is 41.7 Å². The summed E-state index contributed by atoms with van der Waals surface area (Å²) in [5, 5.41) is 23.6. The molecular weight excluding hydrogens is 446 g/mol. The van der Waals surface area contributed by atoms with E-state index in [1.54, 1.807) is 7.11 Å². The van der Waals surface area contributed by atoms with Gasteiger partial charge in [-0.05, 0) is 45.7 Å². The Morgan fingerprint density at radius 2 is 2.03 bits per heavy atom. The van der Waals surface area contributed by atoms with Crippen LogP contribution in [0.3, 0.4) is 0 Å². The lowest BCUT2D eigenvalue weighted by atomic mass is 10.0. The summed E-state index contributed by atoms with van der Waals surface area (Å²) in [6.45, 7) is 6.10. The Bertz CT molecular complexity index is 1560. The van der Waals surface area contributed by atoms with Crippen LogP contribution in [0.2, 0.25) is 0 Å². The predicted octanol–water partition coefficient (Wildman–Crippen LogP) is 4.51. The molecule has 10 heteroatoms. The predicted molar refractivity (Wildman–Crippen MR) is 132 cm³/mol. The second-order valence-electron chi connectivity index (χ2n) is 9.07. The smallest absolute Gasteiger partial charge is 0.145 e. The van der Waals surface area contributed by atoms with Gasteiger partial charge in [-0.3, -0.25) is 0 Å². The van der Waals surface area contributed by atoms with Gasteiger partial charge in [0.15, 0.2) is 0 Å². The van der Waals surface area contributed by atoms with Gasteiger partial charge in [-0.2, -0.15) is 5.10 Å². The zero-order chi connectivity index (χ0) is 24.3. The van der Waals surface area contributed by atoms with Crippen LogP contribution in [0.15, 0.2) is 22.7 Å². The SMILES string of the molecule is COc1cc2c(cc1-c1c(C)noc1C)[nH]c1nc(C)nc(Nc3cc(C4CC4)nn3CCO)c12. The van der Waals surface area contributed by atoms with Crippen molar-refractivity contribution in [2.45, 2.75) is 46.1 Å². The van der Waals surface area contributed by atoms with Gasteiger partial charge in [0.1, 0.15) is 34.6 Å². The van der Waals surface area contributed by atoms with Crippen molar-refractivity contribution in [1.82, 2.24) is 29.9 Å². The molecule has 35 heavy (non-hydrogen) atoms. The number of nitrogens with one attached hydrogen (secondary N) is 2. The van der Waals surface area contributed by atoms with Crippen LogP contribution in [0.4, 0.5) is 11.6 Å². The number of rotatable bonds is 7. The largest absolute Gasteiger partial charge is 0.496 e. The molecule has 0 spiro atoms. The number of aliphatic hydroxyl groups is 1. The highest BCUT2D eigenvalue weighted by atomic mass is 16.5. The molecule has 0 saturated heterocycles. The number of aliphatic hydroxyl groups excluding tert-OH is 1. The van der Waals surface area contributed by atoms with E-state index < -0.39 is 0 Å². The van der Waals surface area contributed by atoms with E-state index in [1.807, 2.05) is 37.6 Å². The van der Waals surface area contributed by atoms with Crippen molar-refractivity contribution in [2.24, 2.45) is 0 Å². The quantitative estimate of drug-likeness (QED) is 0.315. The monoisotopic (exact) mass is 473 g/mol. The number of aromatic amines is 1. The first-order valence-electron chi connectivity index (χ1n) is 11.7. The highest BCUT2D eigenvalue weighted by Crippen LogP contribution is 2.42. The van der Waals surface area contributed by atoms with Crippen molar-refractivity contribution in [2.75, 3.05) is 19.0 Å². The molecule has 1 aliphatic rings. The van der Waals surface area contributed by atoms with Gasteiger partial charge in [-0.1, -0.05) is 5.16 Å². The normalized spacial score (nSPS) is 13.7. The molecule has 1 saturated carbocycles. The molecule has 3 N–H and O–H groups in total. The first-order chi connectivity index (χ1) is 17.0. The first kappa shape index (κ1) is 21.6. The van der Waals surface area contributed by atoms with Gasteiger partial charge < -0.3 is 24.7 Å². The molecule has 5 aromatic rings. The number of hydrogen-bond acceptors (Lipinski definition) is 8. The lowest BCUT2D eigenvalue weighted by molar-refractivity contribution is 0.270. The summed E-state index contributed by atoms with van der Waals surface area (Å²) in [5.41, 5.74) is 5.30. The van der Waals surface area contributed by atoms with Crippen molar-refractivity contribution in [3.63, 3.8) is 0 Å². The lowest BCUT2D eigenvalue weighted by Gasteiger charge is -2.11. The number of aromatic nitrogens is 6. The molecule has 4 heterocycles. The summed E-state index contributed by atoms with van der Waals surface area (Å²) >= 11 is 0. The van der Waals surface area contributed by atoms with Crippen molar-refractivity contribution < 1.29 is 14.4 Å². The maximum absolute atomic E-state index is 9.55. The fraction of sp³-hybridized carbons (Fsp3) is 0.360. The molecule has 0 atom stereocenters. The molecule has 10 nitrogen and oxygen atoms in total. The number of methoxy groups -OCH3 is 1. The molecule has 0 bridgehead atoms. The van der Waals surface area contributed by atoms with Gasteiger partial charge in [0.05, 0.1) is 42.6 Å². The number of fused-ring (bicyclic) bond motifs is 3. The van der Waals surface area contributed by atoms with Crippen LogP contribution in [-0.2, 0) is 6.54 Å². The topological polar surface area (TPSA) is 127 Å². The maximum Gasteiger partial charge on any atom is 0.145 e. The standard InChI is InChI=1S/C25H27N7O3/c1-12-22(13(2)35-31-12)17-9-19-16(10-20(17)34-4)23-24(28-19)26-14(3)27-25(23)29-21-11-18(15-5-6-15)30-32(21)7-8-33/h9-11,15,33H,5-8H2,1-4H3,(H2,26,27,28,29). The van der Waals surface area contributed by atoms with E-state index in [0.717, 1.165) is 68.9 Å². The fourth-order valence-corrected chi connectivity index (χ4v) is 4.76. The molecule has 180 valence electrons. The van der Waals surface area contributed by atoms with Gasteiger partial charge in [-0.15, -0.1) is 0 Å². The molecule has 0 radical (unpaired) electrons. The maximum atomic E-state index is 9.55. The minimum Gasteiger partial charge on any atom is -0.496 e. The van der Waals surface area contributed by atoms with Gasteiger partial charge >= 0.3 is 0 Å². The van der Waals surface area contributed by atoms with Gasteiger partial charge in [0.2, 0.25) is 0 Å². The Hall–Kier alpha value is -3.92. The van der Waals surface area contributed by atoms with Crippen LogP contribution in [0.5, 0.6) is 5.75 Å². The van der Waals surface area contributed by atoms with Gasteiger partial charge in [0.25, 0.3) is 0 Å². The first-order valence-corrected chi connectivity index (χ1v) is 11.7. The number of hydrogen-bond donors (Lipinski definition) is 3. The third-order valence-corrected chi connectivity index (χ3v) is 6.54. The minimum atomic E-state index is 0.00738. The average molecular weight is 474 g/mol. The van der Waals surface area contributed by atoms with Crippen molar-refractivity contribution in [3.05, 3.63) is 41.2 Å². The van der Waals surface area contributed by atoms with Crippen LogP contribution >= 0.6 is 0 Å². The summed E-state index contributed by atoms with van der Waals surface area (Å²) < 4.78 is 13.0. The van der Waals surface area contributed by atoms with Gasteiger partial charge in [-0.25, -0.2) is 14.6 Å². The van der Waals surface area contributed by atoms with Crippen LogP contribution < -0.4 is 10.1 Å². The molecule has 1 fully saturated rings. The van der Waals surface area contributed by atoms with Gasteiger partial charge in [0, 0.05) is 28.5 Å². The summed E-state index contributed by atoms with van der Waals surface area (Å²) in [6.07, 6.45) is 2.31. The Balaban J connectivity index is 1.53. The molecular formula is C25H27N7O3. The van der Waals surface area contributed by atoms with E-state index in [2.05, 4.69) is 26.5 Å². The molecule has 0 unspecified atom stereocenters. The third-order valence-electron chi connectivity index (χ3n) is 6.54. The molecule has 0 aliphatic heterocycles. The molecule has 4 aromatic heterocycles. The third kappa shape index (κ3) is 3.61. The van der Waals surface area contributed by atoms with E-state index in [9.17, 15) is 5.11 Å². The van der Waals surface area contributed by atoms with Crippen LogP contribution in [0.25, 0.3) is 33.1 Å². The van der Waals surface area contributed by atoms with E-state index in [-0.39, 0.29) is 6.61 Å². The van der Waals surface area contributed by atoms with Crippen molar-refractivity contribution in [3.8, 4) is 16.9 Å². The molecule has 1 aliphatic carbocycles. The summed E-state index contributed by atoms with van der Waals surface area (Å²) in [5.74, 6) is 4.06. The molecule has 6 rings (SSSR count). The summed E-state index contributed by atoms with van der Waals surface area (Å²) in [6, 6.07) is 6.10. The van der Waals surface area contributed by atoms with E-state index >= 15 is 0 Å². The number of ether oxygens (including phenoxy) is 1. The zero-order valence-electron chi connectivity index (χ0n) is 20.1. The highest BCUT2D eigenvalue weighted by molar-refractivity contribution is 6.13.